The van der Waals surface area contributed by atoms with E-state index in [1.54, 1.807) is 0 Å². The van der Waals surface area contributed by atoms with Crippen LogP contribution in [0.15, 0.2) is 18.2 Å². The molecule has 0 aliphatic rings. The predicted octanol–water partition coefficient (Wildman–Crippen LogP) is 4.65. The molecular weight excluding hydrogens is 404 g/mol. The highest BCUT2D eigenvalue weighted by atomic mass is 16.6. The molecule has 2 aromatic rings. The Morgan fingerprint density at radius 2 is 1.94 bits per heavy atom. The minimum absolute atomic E-state index is 0.0118. The number of amides is 1. The average molecular weight is 447 g/mol. The van der Waals surface area contributed by atoms with Crippen molar-refractivity contribution in [1.29, 1.82) is 0 Å². The molecule has 7 heteroatoms. The highest BCUT2D eigenvalue weighted by molar-refractivity contribution is 5.80. The number of rotatable bonds is 10. The van der Waals surface area contributed by atoms with Gasteiger partial charge < -0.3 is 24.6 Å². The Bertz CT molecular complexity index is 892. The zero-order chi connectivity index (χ0) is 24.1. The van der Waals surface area contributed by atoms with E-state index in [-0.39, 0.29) is 24.2 Å². The van der Waals surface area contributed by atoms with Crippen LogP contribution in [0.1, 0.15) is 67.1 Å². The van der Waals surface area contributed by atoms with E-state index in [1.165, 1.54) is 0 Å². The number of aliphatic hydroxyl groups excluding tert-OH is 1. The van der Waals surface area contributed by atoms with Gasteiger partial charge in [0.1, 0.15) is 11.4 Å². The van der Waals surface area contributed by atoms with E-state index in [9.17, 15) is 9.90 Å². The van der Waals surface area contributed by atoms with Crippen LogP contribution in [0.4, 0.5) is 10.5 Å². The Balaban J connectivity index is 2.13. The summed E-state index contributed by atoms with van der Waals surface area (Å²) in [5, 5.41) is 12.3. The van der Waals surface area contributed by atoms with Gasteiger partial charge in [0.2, 0.25) is 0 Å². The first kappa shape index (κ1) is 26.0. The van der Waals surface area contributed by atoms with E-state index in [0.717, 1.165) is 48.4 Å². The quantitative estimate of drug-likeness (QED) is 0.555. The summed E-state index contributed by atoms with van der Waals surface area (Å²) in [6, 6.07) is 6.32. The molecule has 1 aromatic carbocycles. The molecule has 32 heavy (non-hydrogen) atoms. The van der Waals surface area contributed by atoms with Crippen molar-refractivity contribution in [2.24, 2.45) is 12.5 Å². The summed E-state index contributed by atoms with van der Waals surface area (Å²) in [5.41, 5.74) is 2.59. The molecule has 7 nitrogen and oxygen atoms in total. The second kappa shape index (κ2) is 10.6. The maximum Gasteiger partial charge on any atom is 0.407 e. The highest BCUT2D eigenvalue weighted by Crippen LogP contribution is 2.30. The Morgan fingerprint density at radius 1 is 1.25 bits per heavy atom. The Hall–Kier alpha value is -2.28. The molecule has 180 valence electrons. The van der Waals surface area contributed by atoms with E-state index < -0.39 is 5.60 Å². The van der Waals surface area contributed by atoms with Crippen molar-refractivity contribution in [3.8, 4) is 0 Å². The first-order chi connectivity index (χ1) is 14.8. The normalized spacial score (nSPS) is 13.3. The SMILES string of the molecule is CCCN(CCO)c1ccc2c(c1)nc(CC(C)(C)CC(C)NC(=O)OC(C)(C)C)n2C. The lowest BCUT2D eigenvalue weighted by molar-refractivity contribution is 0.0496. The summed E-state index contributed by atoms with van der Waals surface area (Å²) in [6.45, 7) is 15.8. The third-order valence-electron chi connectivity index (χ3n) is 5.44. The van der Waals surface area contributed by atoms with Crippen molar-refractivity contribution >= 4 is 22.8 Å². The van der Waals surface area contributed by atoms with Crippen molar-refractivity contribution in [2.75, 3.05) is 24.6 Å². The molecule has 0 bridgehead atoms. The van der Waals surface area contributed by atoms with Gasteiger partial charge in [-0.3, -0.25) is 0 Å². The largest absolute Gasteiger partial charge is 0.444 e. The van der Waals surface area contributed by atoms with Gasteiger partial charge in [-0.25, -0.2) is 9.78 Å². The predicted molar refractivity (Wildman–Crippen MR) is 131 cm³/mol. The zero-order valence-corrected chi connectivity index (χ0v) is 21.2. The third kappa shape index (κ3) is 7.40. The number of nitrogens with one attached hydrogen (secondary N) is 1. The van der Waals surface area contributed by atoms with Crippen molar-refractivity contribution < 1.29 is 14.6 Å². The number of imidazole rings is 1. The number of nitrogens with zero attached hydrogens (tertiary/aromatic N) is 3. The van der Waals surface area contributed by atoms with E-state index in [4.69, 9.17) is 9.72 Å². The molecule has 0 aliphatic heterocycles. The Kier molecular flexibility index (Phi) is 8.57. The van der Waals surface area contributed by atoms with Crippen LogP contribution in [0.25, 0.3) is 11.0 Å². The maximum absolute atomic E-state index is 12.1. The van der Waals surface area contributed by atoms with Gasteiger partial charge >= 0.3 is 6.09 Å². The lowest BCUT2D eigenvalue weighted by Crippen LogP contribution is -2.40. The molecule has 1 aromatic heterocycles. The van der Waals surface area contributed by atoms with E-state index >= 15 is 0 Å². The van der Waals surface area contributed by atoms with Gasteiger partial charge in [0.25, 0.3) is 0 Å². The van der Waals surface area contributed by atoms with Gasteiger partial charge in [0.15, 0.2) is 0 Å². The Labute approximate surface area is 193 Å². The minimum Gasteiger partial charge on any atom is -0.444 e. The van der Waals surface area contributed by atoms with Crippen LogP contribution in [0.5, 0.6) is 0 Å². The molecular formula is C25H42N4O3. The fourth-order valence-electron chi connectivity index (χ4n) is 4.24. The van der Waals surface area contributed by atoms with Crippen LogP contribution in [-0.4, -0.2) is 52.1 Å². The number of alkyl carbamates (subject to hydrolysis) is 1. The van der Waals surface area contributed by atoms with Gasteiger partial charge in [0, 0.05) is 38.3 Å². The lowest BCUT2D eigenvalue weighted by atomic mass is 9.82. The number of aliphatic hydroxyl groups is 1. The van der Waals surface area contributed by atoms with E-state index in [2.05, 4.69) is 60.8 Å². The molecule has 2 N–H and O–H groups in total. The van der Waals surface area contributed by atoms with Crippen LogP contribution >= 0.6 is 0 Å². The topological polar surface area (TPSA) is 79.6 Å². The fourth-order valence-corrected chi connectivity index (χ4v) is 4.24. The summed E-state index contributed by atoms with van der Waals surface area (Å²) < 4.78 is 7.53. The molecule has 0 saturated carbocycles. The van der Waals surface area contributed by atoms with Crippen molar-refractivity contribution in [3.05, 3.63) is 24.0 Å². The molecule has 0 spiro atoms. The molecule has 1 atom stereocenters. The number of hydrogen-bond acceptors (Lipinski definition) is 5. The number of carbonyl (C=O) groups is 1. The van der Waals surface area contributed by atoms with Crippen molar-refractivity contribution in [1.82, 2.24) is 14.9 Å². The number of hydrogen-bond donors (Lipinski definition) is 2. The highest BCUT2D eigenvalue weighted by Gasteiger charge is 2.26. The van der Waals surface area contributed by atoms with Crippen molar-refractivity contribution in [3.63, 3.8) is 0 Å². The summed E-state index contributed by atoms with van der Waals surface area (Å²) in [7, 11) is 2.06. The molecule has 0 saturated heterocycles. The molecule has 1 amide bonds. The standard InChI is InChI=1S/C25H42N4O3/c1-9-12-29(13-14-30)19-10-11-21-20(15-19)27-22(28(21)8)17-25(6,7)16-18(2)26-23(31)32-24(3,4)5/h10-11,15,18,30H,9,12-14,16-17H2,1-8H3,(H,26,31). The summed E-state index contributed by atoms with van der Waals surface area (Å²) >= 11 is 0. The molecule has 0 fully saturated rings. The number of fused-ring (bicyclic) bond motifs is 1. The van der Waals surface area contributed by atoms with Crippen LogP contribution in [0.3, 0.4) is 0 Å². The Morgan fingerprint density at radius 3 is 2.53 bits per heavy atom. The van der Waals surface area contributed by atoms with Gasteiger partial charge in [0.05, 0.1) is 17.6 Å². The summed E-state index contributed by atoms with van der Waals surface area (Å²) in [5.74, 6) is 1.02. The first-order valence-corrected chi connectivity index (χ1v) is 11.7. The van der Waals surface area contributed by atoms with Crippen LogP contribution in [-0.2, 0) is 18.2 Å². The van der Waals surface area contributed by atoms with E-state index in [0.29, 0.717) is 6.54 Å². The molecule has 2 rings (SSSR count). The average Bonchev–Trinajstić information content (AvgIpc) is 2.93. The summed E-state index contributed by atoms with van der Waals surface area (Å²) in [4.78, 5) is 19.2. The number of anilines is 1. The molecule has 1 unspecified atom stereocenters. The maximum atomic E-state index is 12.1. The van der Waals surface area contributed by atoms with Gasteiger partial charge in [-0.05, 0) is 64.2 Å². The van der Waals surface area contributed by atoms with Crippen LogP contribution in [0.2, 0.25) is 0 Å². The van der Waals surface area contributed by atoms with Crippen LogP contribution in [0, 0.1) is 5.41 Å². The van der Waals surface area contributed by atoms with Gasteiger partial charge in [-0.1, -0.05) is 20.8 Å². The molecule has 0 aliphatic carbocycles. The summed E-state index contributed by atoms with van der Waals surface area (Å²) in [6.07, 6.45) is 2.25. The van der Waals surface area contributed by atoms with E-state index in [1.807, 2.05) is 27.7 Å². The van der Waals surface area contributed by atoms with Crippen LogP contribution < -0.4 is 10.2 Å². The fraction of sp³-hybridized carbons (Fsp3) is 0.680. The third-order valence-corrected chi connectivity index (χ3v) is 5.44. The van der Waals surface area contributed by atoms with Crippen molar-refractivity contribution in [2.45, 2.75) is 79.4 Å². The lowest BCUT2D eigenvalue weighted by Gasteiger charge is -2.29. The minimum atomic E-state index is -0.505. The second-order valence-electron chi connectivity index (χ2n) is 10.6. The number of aryl methyl sites for hydroxylation is 1. The van der Waals surface area contributed by atoms with Gasteiger partial charge in [-0.15, -0.1) is 0 Å². The second-order valence-corrected chi connectivity index (χ2v) is 10.6. The number of aromatic nitrogens is 2. The molecule has 0 radical (unpaired) electrons. The smallest absolute Gasteiger partial charge is 0.407 e. The molecule has 1 heterocycles. The number of benzene rings is 1. The number of ether oxygens (including phenoxy) is 1. The monoisotopic (exact) mass is 446 g/mol. The first-order valence-electron chi connectivity index (χ1n) is 11.7. The van der Waals surface area contributed by atoms with Gasteiger partial charge in [-0.2, -0.15) is 0 Å². The zero-order valence-electron chi connectivity index (χ0n) is 21.2. The number of carbonyl (C=O) groups excluding carboxylic acids is 1.